The minimum Gasteiger partial charge on any atom is -0.492 e. The predicted octanol–water partition coefficient (Wildman–Crippen LogP) is 1.89. The van der Waals surface area contributed by atoms with Crippen molar-refractivity contribution in [2.45, 2.75) is 18.9 Å². The van der Waals surface area contributed by atoms with Crippen LogP contribution in [-0.2, 0) is 0 Å². The molecule has 2 heterocycles. The quantitative estimate of drug-likeness (QED) is 0.899. The average molecular weight is 264 g/mol. The number of hydrogen-bond donors (Lipinski definition) is 1. The maximum Gasteiger partial charge on any atom is 0.123 e. The summed E-state index contributed by atoms with van der Waals surface area (Å²) in [6, 6.07) is 6.91. The van der Waals surface area contributed by atoms with Crippen molar-refractivity contribution in [3.05, 3.63) is 30.1 Å². The highest BCUT2D eigenvalue weighted by molar-refractivity contribution is 5.21. The lowest BCUT2D eigenvalue weighted by Crippen LogP contribution is -2.40. The van der Waals surface area contributed by atoms with E-state index in [0.29, 0.717) is 12.6 Å². The van der Waals surface area contributed by atoms with Crippen LogP contribution in [-0.4, -0.2) is 43.7 Å². The van der Waals surface area contributed by atoms with E-state index in [1.807, 2.05) is 0 Å². The summed E-state index contributed by atoms with van der Waals surface area (Å²) < 4.78 is 18.4. The van der Waals surface area contributed by atoms with Crippen LogP contribution >= 0.6 is 0 Å². The molecule has 1 aromatic carbocycles. The van der Waals surface area contributed by atoms with E-state index >= 15 is 0 Å². The van der Waals surface area contributed by atoms with Crippen LogP contribution < -0.4 is 10.1 Å². The minimum atomic E-state index is -0.220. The normalized spacial score (nSPS) is 27.2. The molecule has 0 amide bonds. The lowest BCUT2D eigenvalue weighted by Gasteiger charge is -2.24. The van der Waals surface area contributed by atoms with Gasteiger partial charge in [0.15, 0.2) is 0 Å². The first-order chi connectivity index (χ1) is 9.31. The van der Waals surface area contributed by atoms with Gasteiger partial charge >= 0.3 is 0 Å². The number of nitrogens with one attached hydrogen (secondary N) is 1. The number of fused-ring (bicyclic) bond motifs is 1. The SMILES string of the molecule is Fc1ccc(OCCN2C[C@@H]3CCCN[C@@H]3C2)cc1. The smallest absolute Gasteiger partial charge is 0.123 e. The average Bonchev–Trinajstić information content (AvgIpc) is 2.83. The number of ether oxygens (including phenoxy) is 1. The van der Waals surface area contributed by atoms with E-state index in [2.05, 4.69) is 10.2 Å². The van der Waals surface area contributed by atoms with Crippen molar-refractivity contribution < 1.29 is 9.13 Å². The number of benzene rings is 1. The maximum atomic E-state index is 12.8. The number of hydrogen-bond acceptors (Lipinski definition) is 3. The van der Waals surface area contributed by atoms with Crippen molar-refractivity contribution in [2.24, 2.45) is 5.92 Å². The van der Waals surface area contributed by atoms with Crippen LogP contribution in [0.25, 0.3) is 0 Å². The summed E-state index contributed by atoms with van der Waals surface area (Å²) in [5, 5.41) is 3.60. The first kappa shape index (κ1) is 12.9. The minimum absolute atomic E-state index is 0.220. The van der Waals surface area contributed by atoms with Crippen LogP contribution in [0.15, 0.2) is 24.3 Å². The summed E-state index contributed by atoms with van der Waals surface area (Å²) in [5.74, 6) is 1.35. The lowest BCUT2D eigenvalue weighted by molar-refractivity contribution is 0.231. The molecule has 0 unspecified atom stereocenters. The van der Waals surface area contributed by atoms with E-state index in [0.717, 1.165) is 24.8 Å². The van der Waals surface area contributed by atoms with Crippen LogP contribution in [0.2, 0.25) is 0 Å². The molecular weight excluding hydrogens is 243 g/mol. The standard InChI is InChI=1S/C15H21FN2O/c16-13-3-5-14(6-4-13)19-9-8-18-10-12-2-1-7-17-15(12)11-18/h3-6,12,15,17H,1-2,7-11H2/t12-,15+/m0/s1. The Labute approximate surface area is 113 Å². The van der Waals surface area contributed by atoms with Crippen molar-refractivity contribution in [2.75, 3.05) is 32.8 Å². The summed E-state index contributed by atoms with van der Waals surface area (Å²) in [5.41, 5.74) is 0. The van der Waals surface area contributed by atoms with E-state index in [9.17, 15) is 4.39 Å². The van der Waals surface area contributed by atoms with Gasteiger partial charge in [-0.15, -0.1) is 0 Å². The molecule has 2 aliphatic heterocycles. The van der Waals surface area contributed by atoms with Crippen molar-refractivity contribution in [1.29, 1.82) is 0 Å². The molecule has 0 saturated carbocycles. The number of nitrogens with zero attached hydrogens (tertiary/aromatic N) is 1. The van der Waals surface area contributed by atoms with Crippen LogP contribution in [0.4, 0.5) is 4.39 Å². The Morgan fingerprint density at radius 2 is 2.11 bits per heavy atom. The molecule has 4 heteroatoms. The third-order valence-electron chi connectivity index (χ3n) is 4.16. The van der Waals surface area contributed by atoms with Gasteiger partial charge in [-0.25, -0.2) is 4.39 Å². The molecule has 0 aliphatic carbocycles. The molecule has 0 bridgehead atoms. The zero-order valence-corrected chi connectivity index (χ0v) is 11.1. The van der Waals surface area contributed by atoms with Gasteiger partial charge in [-0.2, -0.15) is 0 Å². The van der Waals surface area contributed by atoms with Crippen LogP contribution in [0.5, 0.6) is 5.75 Å². The van der Waals surface area contributed by atoms with Crippen LogP contribution in [0.3, 0.4) is 0 Å². The number of rotatable bonds is 4. The Morgan fingerprint density at radius 3 is 2.89 bits per heavy atom. The van der Waals surface area contributed by atoms with Crippen LogP contribution in [0.1, 0.15) is 12.8 Å². The molecule has 2 aliphatic rings. The Hall–Kier alpha value is -1.13. The summed E-state index contributed by atoms with van der Waals surface area (Å²) in [6.07, 6.45) is 2.66. The van der Waals surface area contributed by atoms with E-state index in [1.54, 1.807) is 12.1 Å². The number of piperidine rings is 1. The molecule has 2 fully saturated rings. The van der Waals surface area contributed by atoms with Gasteiger partial charge in [0.05, 0.1) is 0 Å². The molecule has 104 valence electrons. The summed E-state index contributed by atoms with van der Waals surface area (Å²) >= 11 is 0. The summed E-state index contributed by atoms with van der Waals surface area (Å²) in [7, 11) is 0. The van der Waals surface area contributed by atoms with E-state index in [-0.39, 0.29) is 5.82 Å². The predicted molar refractivity (Wildman–Crippen MR) is 72.8 cm³/mol. The third-order valence-corrected chi connectivity index (χ3v) is 4.16. The Bertz CT molecular complexity index is 395. The Morgan fingerprint density at radius 1 is 1.26 bits per heavy atom. The lowest BCUT2D eigenvalue weighted by atomic mass is 9.94. The molecule has 1 N–H and O–H groups in total. The van der Waals surface area contributed by atoms with Crippen molar-refractivity contribution in [1.82, 2.24) is 10.2 Å². The zero-order chi connectivity index (χ0) is 13.1. The molecule has 1 aromatic rings. The second-order valence-electron chi connectivity index (χ2n) is 5.52. The van der Waals surface area contributed by atoms with Gasteiger partial charge in [-0.3, -0.25) is 4.90 Å². The molecule has 0 aromatic heterocycles. The van der Waals surface area contributed by atoms with E-state index in [4.69, 9.17) is 4.74 Å². The highest BCUT2D eigenvalue weighted by atomic mass is 19.1. The molecule has 3 rings (SSSR count). The number of likely N-dealkylation sites (tertiary alicyclic amines) is 1. The fourth-order valence-corrected chi connectivity index (χ4v) is 3.14. The Balaban J connectivity index is 1.42. The molecule has 19 heavy (non-hydrogen) atoms. The van der Waals surface area contributed by atoms with E-state index < -0.39 is 0 Å². The molecule has 2 atom stereocenters. The van der Waals surface area contributed by atoms with E-state index in [1.165, 1.54) is 38.1 Å². The van der Waals surface area contributed by atoms with Gasteiger partial charge in [-0.05, 0) is 49.6 Å². The van der Waals surface area contributed by atoms with Crippen molar-refractivity contribution in [3.8, 4) is 5.75 Å². The molecule has 0 radical (unpaired) electrons. The highest BCUT2D eigenvalue weighted by Gasteiger charge is 2.33. The fraction of sp³-hybridized carbons (Fsp3) is 0.600. The third kappa shape index (κ3) is 3.25. The van der Waals surface area contributed by atoms with Gasteiger partial charge in [0.1, 0.15) is 18.2 Å². The van der Waals surface area contributed by atoms with Gasteiger partial charge in [0, 0.05) is 25.7 Å². The van der Waals surface area contributed by atoms with Crippen molar-refractivity contribution in [3.63, 3.8) is 0 Å². The summed E-state index contributed by atoms with van der Waals surface area (Å²) in [6.45, 7) is 5.11. The second kappa shape index (κ2) is 5.88. The maximum absolute atomic E-state index is 12.8. The van der Waals surface area contributed by atoms with Gasteiger partial charge in [0.25, 0.3) is 0 Å². The monoisotopic (exact) mass is 264 g/mol. The highest BCUT2D eigenvalue weighted by Crippen LogP contribution is 2.24. The molecule has 3 nitrogen and oxygen atoms in total. The topological polar surface area (TPSA) is 24.5 Å². The van der Waals surface area contributed by atoms with Gasteiger partial charge in [-0.1, -0.05) is 0 Å². The van der Waals surface area contributed by atoms with Gasteiger partial charge in [0.2, 0.25) is 0 Å². The van der Waals surface area contributed by atoms with Crippen LogP contribution in [0, 0.1) is 11.7 Å². The number of halogens is 1. The Kier molecular flexibility index (Phi) is 3.99. The molecule has 2 saturated heterocycles. The first-order valence-electron chi connectivity index (χ1n) is 7.15. The molecule has 0 spiro atoms. The van der Waals surface area contributed by atoms with Gasteiger partial charge < -0.3 is 10.1 Å². The second-order valence-corrected chi connectivity index (χ2v) is 5.52. The van der Waals surface area contributed by atoms with Crippen molar-refractivity contribution >= 4 is 0 Å². The zero-order valence-electron chi connectivity index (χ0n) is 11.1. The first-order valence-corrected chi connectivity index (χ1v) is 7.15. The summed E-state index contributed by atoms with van der Waals surface area (Å²) in [4.78, 5) is 2.47. The largest absolute Gasteiger partial charge is 0.492 e. The molecular formula is C15H21FN2O. The fourth-order valence-electron chi connectivity index (χ4n) is 3.14.